The summed E-state index contributed by atoms with van der Waals surface area (Å²) in [4.78, 5) is 0.277. The SMILES string of the molecule is CNc1ccccc1S(=O)(=O)NC1CC(OC)C1(C)C. The summed E-state index contributed by atoms with van der Waals surface area (Å²) >= 11 is 0. The average molecular weight is 298 g/mol. The molecule has 0 amide bonds. The van der Waals surface area contributed by atoms with E-state index in [2.05, 4.69) is 10.0 Å². The number of sulfonamides is 1. The fourth-order valence-corrected chi connectivity index (χ4v) is 4.26. The molecular weight excluding hydrogens is 276 g/mol. The van der Waals surface area contributed by atoms with Crippen molar-refractivity contribution in [1.82, 2.24) is 4.72 Å². The summed E-state index contributed by atoms with van der Waals surface area (Å²) in [5.74, 6) is 0. The lowest BCUT2D eigenvalue weighted by molar-refractivity contribution is -0.0908. The summed E-state index contributed by atoms with van der Waals surface area (Å²) in [5, 5.41) is 2.91. The number of nitrogens with one attached hydrogen (secondary N) is 2. The number of para-hydroxylation sites is 1. The van der Waals surface area contributed by atoms with Gasteiger partial charge in [-0.25, -0.2) is 13.1 Å². The molecule has 2 rings (SSSR count). The van der Waals surface area contributed by atoms with Crippen LogP contribution in [0.15, 0.2) is 29.2 Å². The molecule has 20 heavy (non-hydrogen) atoms. The molecule has 112 valence electrons. The highest BCUT2D eigenvalue weighted by molar-refractivity contribution is 7.89. The Morgan fingerprint density at radius 2 is 1.95 bits per heavy atom. The van der Waals surface area contributed by atoms with Gasteiger partial charge < -0.3 is 10.1 Å². The van der Waals surface area contributed by atoms with E-state index in [0.717, 1.165) is 0 Å². The highest BCUT2D eigenvalue weighted by atomic mass is 32.2. The molecule has 0 saturated heterocycles. The number of hydrogen-bond acceptors (Lipinski definition) is 4. The average Bonchev–Trinajstić information content (AvgIpc) is 2.43. The van der Waals surface area contributed by atoms with Crippen molar-refractivity contribution in [3.63, 3.8) is 0 Å². The van der Waals surface area contributed by atoms with Crippen molar-refractivity contribution in [2.24, 2.45) is 5.41 Å². The lowest BCUT2D eigenvalue weighted by Crippen LogP contribution is -2.61. The van der Waals surface area contributed by atoms with Gasteiger partial charge in [0, 0.05) is 25.6 Å². The number of rotatable bonds is 5. The molecule has 1 aromatic carbocycles. The molecule has 1 fully saturated rings. The van der Waals surface area contributed by atoms with Crippen LogP contribution in [-0.2, 0) is 14.8 Å². The minimum atomic E-state index is -3.53. The zero-order chi connectivity index (χ0) is 15.0. The van der Waals surface area contributed by atoms with Gasteiger partial charge in [-0.3, -0.25) is 0 Å². The van der Waals surface area contributed by atoms with Crippen LogP contribution in [0, 0.1) is 5.41 Å². The Labute approximate surface area is 120 Å². The predicted octanol–water partition coefficient (Wildman–Crippen LogP) is 1.82. The molecule has 2 atom stereocenters. The van der Waals surface area contributed by atoms with Gasteiger partial charge in [-0.1, -0.05) is 26.0 Å². The van der Waals surface area contributed by atoms with E-state index in [-0.39, 0.29) is 22.5 Å². The lowest BCUT2D eigenvalue weighted by Gasteiger charge is -2.50. The monoisotopic (exact) mass is 298 g/mol. The van der Waals surface area contributed by atoms with Crippen LogP contribution in [0.3, 0.4) is 0 Å². The van der Waals surface area contributed by atoms with Crippen molar-refractivity contribution in [2.45, 2.75) is 37.3 Å². The first-order chi connectivity index (χ1) is 9.32. The maximum atomic E-state index is 12.5. The van der Waals surface area contributed by atoms with E-state index in [0.29, 0.717) is 12.1 Å². The summed E-state index contributed by atoms with van der Waals surface area (Å²) in [6.07, 6.45) is 0.791. The summed E-state index contributed by atoms with van der Waals surface area (Å²) in [5.41, 5.74) is 0.400. The highest BCUT2D eigenvalue weighted by Gasteiger charge is 2.50. The Morgan fingerprint density at radius 1 is 1.30 bits per heavy atom. The normalized spacial score (nSPS) is 25.0. The van der Waals surface area contributed by atoms with E-state index >= 15 is 0 Å². The van der Waals surface area contributed by atoms with Crippen LogP contribution in [0.2, 0.25) is 0 Å². The first-order valence-electron chi connectivity index (χ1n) is 6.65. The summed E-state index contributed by atoms with van der Waals surface area (Å²) in [6, 6.07) is 6.77. The van der Waals surface area contributed by atoms with E-state index < -0.39 is 10.0 Å². The topological polar surface area (TPSA) is 67.4 Å². The zero-order valence-electron chi connectivity index (χ0n) is 12.3. The van der Waals surface area contributed by atoms with E-state index in [1.54, 1.807) is 38.4 Å². The quantitative estimate of drug-likeness (QED) is 0.870. The standard InChI is InChI=1S/C14H22N2O3S/c1-14(2)12(9-13(14)19-4)16-20(17,18)11-8-6-5-7-10(11)15-3/h5-8,12-13,15-16H,9H2,1-4H3. The van der Waals surface area contributed by atoms with Gasteiger partial charge in [-0.05, 0) is 18.6 Å². The Bertz CT molecular complexity index is 584. The van der Waals surface area contributed by atoms with Crippen LogP contribution in [0.5, 0.6) is 0 Å². The van der Waals surface area contributed by atoms with Crippen LogP contribution < -0.4 is 10.0 Å². The second-order valence-corrected chi connectivity index (χ2v) is 7.38. The van der Waals surface area contributed by atoms with Gasteiger partial charge in [0.15, 0.2) is 0 Å². The molecule has 2 unspecified atom stereocenters. The third-order valence-electron chi connectivity index (χ3n) is 4.21. The summed E-state index contributed by atoms with van der Waals surface area (Å²) in [6.45, 7) is 4.03. The van der Waals surface area contributed by atoms with Crippen molar-refractivity contribution >= 4 is 15.7 Å². The van der Waals surface area contributed by atoms with Crippen LogP contribution in [-0.4, -0.2) is 34.7 Å². The molecule has 1 aliphatic carbocycles. The number of ether oxygens (including phenoxy) is 1. The molecule has 0 heterocycles. The predicted molar refractivity (Wildman–Crippen MR) is 79.3 cm³/mol. The molecule has 2 N–H and O–H groups in total. The number of hydrogen-bond donors (Lipinski definition) is 2. The highest BCUT2D eigenvalue weighted by Crippen LogP contribution is 2.43. The van der Waals surface area contributed by atoms with Crippen molar-refractivity contribution in [2.75, 3.05) is 19.5 Å². The van der Waals surface area contributed by atoms with Crippen LogP contribution >= 0.6 is 0 Å². The Hall–Kier alpha value is -1.11. The first kappa shape index (κ1) is 15.3. The van der Waals surface area contributed by atoms with Crippen LogP contribution in [0.4, 0.5) is 5.69 Å². The van der Waals surface area contributed by atoms with Gasteiger partial charge in [-0.15, -0.1) is 0 Å². The largest absolute Gasteiger partial charge is 0.387 e. The maximum Gasteiger partial charge on any atom is 0.242 e. The number of benzene rings is 1. The molecule has 0 spiro atoms. The van der Waals surface area contributed by atoms with Gasteiger partial charge in [0.25, 0.3) is 0 Å². The van der Waals surface area contributed by atoms with Crippen molar-refractivity contribution < 1.29 is 13.2 Å². The van der Waals surface area contributed by atoms with E-state index in [1.165, 1.54) is 0 Å². The number of methoxy groups -OCH3 is 1. The molecule has 1 saturated carbocycles. The van der Waals surface area contributed by atoms with Gasteiger partial charge >= 0.3 is 0 Å². The minimum Gasteiger partial charge on any atom is -0.387 e. The van der Waals surface area contributed by atoms with E-state index in [1.807, 2.05) is 13.8 Å². The zero-order valence-corrected chi connectivity index (χ0v) is 13.1. The molecule has 0 radical (unpaired) electrons. The minimum absolute atomic E-state index is 0.0924. The molecule has 0 bridgehead atoms. The molecular formula is C14H22N2O3S. The van der Waals surface area contributed by atoms with Crippen molar-refractivity contribution in [3.05, 3.63) is 24.3 Å². The molecule has 1 aliphatic rings. The summed E-state index contributed by atoms with van der Waals surface area (Å²) < 4.78 is 33.2. The first-order valence-corrected chi connectivity index (χ1v) is 8.13. The molecule has 0 aromatic heterocycles. The molecule has 0 aliphatic heterocycles. The van der Waals surface area contributed by atoms with Crippen molar-refractivity contribution in [1.29, 1.82) is 0 Å². The van der Waals surface area contributed by atoms with Gasteiger partial charge in [-0.2, -0.15) is 0 Å². The van der Waals surface area contributed by atoms with Gasteiger partial charge in [0.2, 0.25) is 10.0 Å². The third-order valence-corrected chi connectivity index (χ3v) is 5.74. The van der Waals surface area contributed by atoms with Gasteiger partial charge in [0.1, 0.15) is 4.90 Å². The smallest absolute Gasteiger partial charge is 0.242 e. The van der Waals surface area contributed by atoms with E-state index in [9.17, 15) is 8.42 Å². The number of anilines is 1. The Balaban J connectivity index is 2.21. The maximum absolute atomic E-state index is 12.5. The fourth-order valence-electron chi connectivity index (χ4n) is 2.64. The summed E-state index contributed by atoms with van der Waals surface area (Å²) in [7, 11) is -0.163. The Kier molecular flexibility index (Phi) is 4.09. The van der Waals surface area contributed by atoms with E-state index in [4.69, 9.17) is 4.74 Å². The fraction of sp³-hybridized carbons (Fsp3) is 0.571. The van der Waals surface area contributed by atoms with Crippen LogP contribution in [0.25, 0.3) is 0 Å². The molecule has 6 heteroatoms. The van der Waals surface area contributed by atoms with Gasteiger partial charge in [0.05, 0.1) is 11.8 Å². The second kappa shape index (κ2) is 5.35. The Morgan fingerprint density at radius 3 is 2.50 bits per heavy atom. The van der Waals surface area contributed by atoms with Crippen LogP contribution in [0.1, 0.15) is 20.3 Å². The lowest BCUT2D eigenvalue weighted by atomic mass is 9.65. The third kappa shape index (κ3) is 2.55. The van der Waals surface area contributed by atoms with Crippen molar-refractivity contribution in [3.8, 4) is 0 Å². The molecule has 5 nitrogen and oxygen atoms in total. The molecule has 1 aromatic rings. The second-order valence-electron chi connectivity index (χ2n) is 5.70.